The minimum absolute atomic E-state index is 0.0207. The summed E-state index contributed by atoms with van der Waals surface area (Å²) in [6.07, 6.45) is 2.62. The number of amides is 4. The molecule has 5 rings (SSSR count). The van der Waals surface area contributed by atoms with E-state index in [-0.39, 0.29) is 75.3 Å². The van der Waals surface area contributed by atoms with Crippen molar-refractivity contribution in [3.8, 4) is 0 Å². The Labute approximate surface area is 244 Å². The third-order valence-corrected chi connectivity index (χ3v) is 7.25. The van der Waals surface area contributed by atoms with E-state index in [0.717, 1.165) is 17.0 Å². The predicted octanol–water partition coefficient (Wildman–Crippen LogP) is 1.50. The van der Waals surface area contributed by atoms with Crippen molar-refractivity contribution in [3.05, 3.63) is 54.1 Å². The molecule has 2 fully saturated rings. The zero-order valence-electron chi connectivity index (χ0n) is 23.5. The minimum Gasteiger partial charge on any atom is -0.453 e. The molecule has 14 nitrogen and oxygen atoms in total. The number of alkyl carbamates (subject to hydrolysis) is 1. The van der Waals surface area contributed by atoms with Gasteiger partial charge in [0.05, 0.1) is 25.9 Å². The van der Waals surface area contributed by atoms with Crippen molar-refractivity contribution in [2.45, 2.75) is 13.0 Å². The lowest BCUT2D eigenvalue weighted by Crippen LogP contribution is -2.52. The van der Waals surface area contributed by atoms with Crippen LogP contribution in [0.15, 0.2) is 36.8 Å². The van der Waals surface area contributed by atoms with Crippen LogP contribution in [-0.4, -0.2) is 114 Å². The number of methoxy groups -OCH3 is 1. The van der Waals surface area contributed by atoms with E-state index in [1.165, 1.54) is 16.9 Å². The fraction of sp³-hybridized carbons (Fsp3) is 0.407. The van der Waals surface area contributed by atoms with Crippen molar-refractivity contribution >= 4 is 41.2 Å². The van der Waals surface area contributed by atoms with Gasteiger partial charge in [0.25, 0.3) is 5.91 Å². The minimum atomic E-state index is -0.872. The summed E-state index contributed by atoms with van der Waals surface area (Å²) in [6.45, 7) is 2.52. The smallest absolute Gasteiger partial charge is 0.414 e. The fourth-order valence-electron chi connectivity index (χ4n) is 4.98. The third kappa shape index (κ3) is 6.27. The number of piperazine rings is 1. The fourth-order valence-corrected chi connectivity index (χ4v) is 4.98. The highest BCUT2D eigenvalue weighted by Gasteiger charge is 2.34. The molecule has 2 aliphatic rings. The van der Waals surface area contributed by atoms with E-state index in [1.54, 1.807) is 40.9 Å². The van der Waals surface area contributed by atoms with Crippen LogP contribution in [0.3, 0.4) is 0 Å². The van der Waals surface area contributed by atoms with Gasteiger partial charge in [0.2, 0.25) is 11.7 Å². The maximum absolute atomic E-state index is 15.2. The number of aromatic nitrogens is 3. The van der Waals surface area contributed by atoms with Crippen molar-refractivity contribution < 1.29 is 37.4 Å². The van der Waals surface area contributed by atoms with Crippen molar-refractivity contribution in [3.63, 3.8) is 0 Å². The molecule has 4 amide bonds. The quantitative estimate of drug-likeness (QED) is 0.407. The van der Waals surface area contributed by atoms with E-state index >= 15 is 8.78 Å². The summed E-state index contributed by atoms with van der Waals surface area (Å²) in [7, 11) is 1.19. The van der Waals surface area contributed by atoms with Gasteiger partial charge in [-0.3, -0.25) is 18.9 Å². The Balaban J connectivity index is 1.18. The van der Waals surface area contributed by atoms with Crippen LogP contribution < -0.4 is 15.1 Å². The van der Waals surface area contributed by atoms with Gasteiger partial charge >= 0.3 is 12.2 Å². The molecule has 1 N–H and O–H groups in total. The van der Waals surface area contributed by atoms with Gasteiger partial charge in [-0.2, -0.15) is 0 Å². The second-order valence-electron chi connectivity index (χ2n) is 9.89. The van der Waals surface area contributed by atoms with Gasteiger partial charge in [0, 0.05) is 63.4 Å². The largest absolute Gasteiger partial charge is 0.453 e. The molecule has 0 spiro atoms. The molecule has 0 saturated carbocycles. The molecule has 0 bridgehead atoms. The average molecular weight is 601 g/mol. The van der Waals surface area contributed by atoms with Gasteiger partial charge in [-0.15, -0.1) is 0 Å². The molecule has 0 radical (unpaired) electrons. The number of nitrogens with zero attached hydrogens (tertiary/aromatic N) is 7. The Hall–Kier alpha value is -5.02. The number of hydrogen-bond acceptors (Lipinski definition) is 9. The summed E-state index contributed by atoms with van der Waals surface area (Å²) in [5, 5.41) is 2.41. The number of ether oxygens (including phenoxy) is 2. The van der Waals surface area contributed by atoms with Crippen LogP contribution in [0.4, 0.5) is 29.7 Å². The number of likely N-dealkylation sites (N-methyl/N-ethyl adjacent to an activating group) is 1. The number of anilines is 2. The second kappa shape index (κ2) is 12.5. The highest BCUT2D eigenvalue weighted by atomic mass is 19.1. The van der Waals surface area contributed by atoms with Crippen molar-refractivity contribution in [2.24, 2.45) is 0 Å². The zero-order valence-corrected chi connectivity index (χ0v) is 23.5. The van der Waals surface area contributed by atoms with Gasteiger partial charge in [-0.1, -0.05) is 0 Å². The lowest BCUT2D eigenvalue weighted by atomic mass is 10.2. The van der Waals surface area contributed by atoms with Gasteiger partial charge in [-0.05, 0) is 13.0 Å². The van der Waals surface area contributed by atoms with E-state index in [2.05, 4.69) is 20.0 Å². The molecule has 1 aromatic carbocycles. The Morgan fingerprint density at radius 2 is 1.88 bits per heavy atom. The van der Waals surface area contributed by atoms with Crippen LogP contribution in [-0.2, 0) is 14.3 Å². The molecule has 3 aromatic rings. The summed E-state index contributed by atoms with van der Waals surface area (Å²) < 4.78 is 41.7. The lowest BCUT2D eigenvalue weighted by molar-refractivity contribution is -0.132. The highest BCUT2D eigenvalue weighted by Crippen LogP contribution is 2.31. The summed E-state index contributed by atoms with van der Waals surface area (Å²) in [5.41, 5.74) is -0.120. The van der Waals surface area contributed by atoms with Crippen molar-refractivity contribution in [2.75, 3.05) is 69.3 Å². The van der Waals surface area contributed by atoms with Crippen LogP contribution in [0.2, 0.25) is 0 Å². The standard InChI is InChI=1S/C27H30F2N8O6/c1-3-33(24(39)21-15-36-6-4-5-30-25(36)32-21)16-22(38)34-7-9-35(10-8-34)23-19(28)11-17(12-20(23)29)37-14-18(43-27(37)41)13-31-26(40)42-2/h4-6,11-12,15,18H,3,7-10,13-14,16H2,1-2H3,(H,31,40)/t18-/m0/s1. The molecular weight excluding hydrogens is 570 g/mol. The number of hydrogen-bond donors (Lipinski definition) is 1. The SMILES string of the molecule is CCN(CC(=O)N1CCN(c2c(F)cc(N3C[C@H](CNC(=O)OC)OC3=O)cc2F)CC1)C(=O)c1cn2cccnc2n1. The number of halogens is 2. The Bertz CT molecular complexity index is 1490. The number of rotatable bonds is 8. The molecule has 2 aliphatic heterocycles. The molecule has 2 aromatic heterocycles. The summed E-state index contributed by atoms with van der Waals surface area (Å²) >= 11 is 0. The second-order valence-corrected chi connectivity index (χ2v) is 9.89. The maximum Gasteiger partial charge on any atom is 0.414 e. The molecule has 228 valence electrons. The van der Waals surface area contributed by atoms with Crippen LogP contribution in [0.25, 0.3) is 5.78 Å². The first-order valence-electron chi connectivity index (χ1n) is 13.6. The Morgan fingerprint density at radius 1 is 1.16 bits per heavy atom. The first-order valence-corrected chi connectivity index (χ1v) is 13.6. The molecule has 43 heavy (non-hydrogen) atoms. The van der Waals surface area contributed by atoms with Gasteiger partial charge in [0.1, 0.15) is 24.0 Å². The zero-order chi connectivity index (χ0) is 30.7. The number of carbonyl (C=O) groups is 4. The van der Waals surface area contributed by atoms with E-state index in [1.807, 2.05) is 0 Å². The Morgan fingerprint density at radius 3 is 2.53 bits per heavy atom. The normalized spacial score (nSPS) is 16.8. The lowest BCUT2D eigenvalue weighted by Gasteiger charge is -2.37. The van der Waals surface area contributed by atoms with E-state index in [4.69, 9.17) is 4.74 Å². The van der Waals surface area contributed by atoms with E-state index in [9.17, 15) is 19.2 Å². The number of imidazole rings is 1. The summed E-state index contributed by atoms with van der Waals surface area (Å²) in [5.74, 6) is -2.07. The van der Waals surface area contributed by atoms with E-state index in [0.29, 0.717) is 5.78 Å². The molecule has 16 heteroatoms. The summed E-state index contributed by atoms with van der Waals surface area (Å²) in [6, 6.07) is 3.81. The van der Waals surface area contributed by atoms with Gasteiger partial charge < -0.3 is 29.5 Å². The average Bonchev–Trinajstić information content (AvgIpc) is 3.61. The van der Waals surface area contributed by atoms with Gasteiger partial charge in [-0.25, -0.2) is 28.3 Å². The molecule has 0 aliphatic carbocycles. The highest BCUT2D eigenvalue weighted by molar-refractivity contribution is 5.95. The molecule has 0 unspecified atom stereocenters. The predicted molar refractivity (Wildman–Crippen MR) is 148 cm³/mol. The van der Waals surface area contributed by atoms with Crippen molar-refractivity contribution in [1.29, 1.82) is 0 Å². The van der Waals surface area contributed by atoms with E-state index < -0.39 is 35.8 Å². The third-order valence-electron chi connectivity index (χ3n) is 7.25. The van der Waals surface area contributed by atoms with Crippen molar-refractivity contribution in [1.82, 2.24) is 29.5 Å². The first-order chi connectivity index (χ1) is 20.7. The Kier molecular flexibility index (Phi) is 8.54. The number of fused-ring (bicyclic) bond motifs is 1. The number of carbonyl (C=O) groups excluding carboxylic acids is 4. The summed E-state index contributed by atoms with van der Waals surface area (Å²) in [4.78, 5) is 63.5. The molecule has 1 atom stereocenters. The van der Waals surface area contributed by atoms with Gasteiger partial charge in [0.15, 0.2) is 11.6 Å². The molecule has 2 saturated heterocycles. The van der Waals surface area contributed by atoms with Crippen LogP contribution >= 0.6 is 0 Å². The first kappa shape index (κ1) is 29.5. The van der Waals surface area contributed by atoms with Crippen LogP contribution in [0, 0.1) is 11.6 Å². The topological polar surface area (TPSA) is 142 Å². The number of cyclic esters (lactones) is 1. The van der Waals surface area contributed by atoms with Crippen LogP contribution in [0.1, 0.15) is 17.4 Å². The van der Waals surface area contributed by atoms with Crippen LogP contribution in [0.5, 0.6) is 0 Å². The number of nitrogens with one attached hydrogen (secondary N) is 1. The monoisotopic (exact) mass is 600 g/mol. The molecule has 4 heterocycles. The number of benzene rings is 1. The maximum atomic E-state index is 15.2. The molecular formula is C27H30F2N8O6.